The number of esters is 1. The Morgan fingerprint density at radius 2 is 1.67 bits per heavy atom. The second-order valence-corrected chi connectivity index (χ2v) is 6.46. The smallest absolute Gasteiger partial charge is 0.307 e. The van der Waals surface area contributed by atoms with Crippen molar-refractivity contribution in [1.29, 1.82) is 0 Å². The lowest BCUT2D eigenvalue weighted by Crippen LogP contribution is -2.33. The minimum Gasteiger partial charge on any atom is -0.491 e. The number of hydrogen-bond acceptors (Lipinski definition) is 4. The third kappa shape index (κ3) is 6.77. The standard InChI is InChI=1S/C22H27NO4/c1-4-26-21(24)14-15-23(16-18-8-6-5-7-9-18)22(25)19-10-12-20(13-11-19)27-17(2)3/h5-13,17H,4,14-16H2,1-3H3. The van der Waals surface area contributed by atoms with Gasteiger partial charge in [0.2, 0.25) is 0 Å². The van der Waals surface area contributed by atoms with Gasteiger partial charge in [-0.2, -0.15) is 0 Å². The molecule has 5 nitrogen and oxygen atoms in total. The van der Waals surface area contributed by atoms with Crippen molar-refractivity contribution in [3.8, 4) is 5.75 Å². The van der Waals surface area contributed by atoms with Gasteiger partial charge in [-0.3, -0.25) is 9.59 Å². The molecular formula is C22H27NO4. The second-order valence-electron chi connectivity index (χ2n) is 6.46. The molecular weight excluding hydrogens is 342 g/mol. The van der Waals surface area contributed by atoms with Gasteiger partial charge >= 0.3 is 5.97 Å². The molecule has 144 valence electrons. The molecule has 0 saturated heterocycles. The predicted octanol–water partition coefficient (Wildman–Crippen LogP) is 4.07. The average Bonchev–Trinajstić information content (AvgIpc) is 2.66. The zero-order valence-corrected chi connectivity index (χ0v) is 16.2. The fraction of sp³-hybridized carbons (Fsp3) is 0.364. The van der Waals surface area contributed by atoms with Crippen LogP contribution in [0.15, 0.2) is 54.6 Å². The third-order valence-corrected chi connectivity index (χ3v) is 3.87. The van der Waals surface area contributed by atoms with Crippen molar-refractivity contribution in [2.24, 2.45) is 0 Å². The topological polar surface area (TPSA) is 55.8 Å². The molecule has 0 saturated carbocycles. The van der Waals surface area contributed by atoms with Gasteiger partial charge in [0.15, 0.2) is 0 Å². The van der Waals surface area contributed by atoms with Crippen LogP contribution in [0, 0.1) is 0 Å². The quantitative estimate of drug-likeness (QED) is 0.625. The van der Waals surface area contributed by atoms with Crippen LogP contribution < -0.4 is 4.74 Å². The number of hydrogen-bond donors (Lipinski definition) is 0. The summed E-state index contributed by atoms with van der Waals surface area (Å²) >= 11 is 0. The number of rotatable bonds is 9. The molecule has 0 heterocycles. The highest BCUT2D eigenvalue weighted by atomic mass is 16.5. The molecule has 0 aliphatic heterocycles. The van der Waals surface area contributed by atoms with E-state index in [0.717, 1.165) is 11.3 Å². The number of benzene rings is 2. The van der Waals surface area contributed by atoms with Crippen LogP contribution in [-0.4, -0.2) is 36.0 Å². The van der Waals surface area contributed by atoms with E-state index in [-0.39, 0.29) is 24.4 Å². The van der Waals surface area contributed by atoms with Gasteiger partial charge in [0.05, 0.1) is 19.1 Å². The summed E-state index contributed by atoms with van der Waals surface area (Å²) in [6.45, 7) is 6.75. The molecule has 2 aromatic rings. The van der Waals surface area contributed by atoms with E-state index in [1.165, 1.54) is 0 Å². The molecule has 0 fully saturated rings. The number of carbonyl (C=O) groups is 2. The SMILES string of the molecule is CCOC(=O)CCN(Cc1ccccc1)C(=O)c1ccc(OC(C)C)cc1. The van der Waals surface area contributed by atoms with Crippen LogP contribution in [0.2, 0.25) is 0 Å². The molecule has 27 heavy (non-hydrogen) atoms. The van der Waals surface area contributed by atoms with E-state index in [1.54, 1.807) is 36.1 Å². The van der Waals surface area contributed by atoms with Crippen molar-refractivity contribution >= 4 is 11.9 Å². The van der Waals surface area contributed by atoms with Crippen LogP contribution in [0.5, 0.6) is 5.75 Å². The molecule has 0 atom stereocenters. The molecule has 0 N–H and O–H groups in total. The van der Waals surface area contributed by atoms with E-state index < -0.39 is 0 Å². The zero-order valence-electron chi connectivity index (χ0n) is 16.2. The third-order valence-electron chi connectivity index (χ3n) is 3.87. The number of amides is 1. The highest BCUT2D eigenvalue weighted by molar-refractivity contribution is 5.94. The Balaban J connectivity index is 2.12. The summed E-state index contributed by atoms with van der Waals surface area (Å²) < 4.78 is 10.6. The number of carbonyl (C=O) groups excluding carboxylic acids is 2. The molecule has 0 aliphatic rings. The summed E-state index contributed by atoms with van der Waals surface area (Å²) in [5, 5.41) is 0. The Bertz CT molecular complexity index is 726. The summed E-state index contributed by atoms with van der Waals surface area (Å²) in [4.78, 5) is 26.4. The highest BCUT2D eigenvalue weighted by Crippen LogP contribution is 2.17. The van der Waals surface area contributed by atoms with Crippen molar-refractivity contribution in [2.45, 2.75) is 39.8 Å². The molecule has 5 heteroatoms. The molecule has 2 aromatic carbocycles. The first-order chi connectivity index (χ1) is 13.0. The first kappa shape index (κ1) is 20.5. The lowest BCUT2D eigenvalue weighted by atomic mass is 10.1. The van der Waals surface area contributed by atoms with Crippen molar-refractivity contribution in [3.63, 3.8) is 0 Å². The molecule has 0 unspecified atom stereocenters. The van der Waals surface area contributed by atoms with E-state index in [2.05, 4.69) is 0 Å². The monoisotopic (exact) mass is 369 g/mol. The van der Waals surface area contributed by atoms with Crippen molar-refractivity contribution < 1.29 is 19.1 Å². The van der Waals surface area contributed by atoms with Gasteiger partial charge in [0.25, 0.3) is 5.91 Å². The van der Waals surface area contributed by atoms with E-state index in [0.29, 0.717) is 25.3 Å². The first-order valence-electron chi connectivity index (χ1n) is 9.25. The largest absolute Gasteiger partial charge is 0.491 e. The van der Waals surface area contributed by atoms with Gasteiger partial charge in [-0.05, 0) is 50.6 Å². The van der Waals surface area contributed by atoms with E-state index >= 15 is 0 Å². The number of ether oxygens (including phenoxy) is 2. The van der Waals surface area contributed by atoms with Gasteiger partial charge in [-0.1, -0.05) is 30.3 Å². The van der Waals surface area contributed by atoms with Crippen LogP contribution in [0.4, 0.5) is 0 Å². The minimum atomic E-state index is -0.302. The summed E-state index contributed by atoms with van der Waals surface area (Å²) in [7, 11) is 0. The van der Waals surface area contributed by atoms with Crippen molar-refractivity contribution in [3.05, 3.63) is 65.7 Å². The Kier molecular flexibility index (Phi) is 7.86. The maximum absolute atomic E-state index is 13.0. The Morgan fingerprint density at radius 1 is 1.00 bits per heavy atom. The van der Waals surface area contributed by atoms with Crippen LogP contribution in [0.1, 0.15) is 43.1 Å². The van der Waals surface area contributed by atoms with Gasteiger partial charge in [0, 0.05) is 18.7 Å². The fourth-order valence-corrected chi connectivity index (χ4v) is 2.65. The predicted molar refractivity (Wildman–Crippen MR) is 105 cm³/mol. The Hall–Kier alpha value is -2.82. The van der Waals surface area contributed by atoms with E-state index in [4.69, 9.17) is 9.47 Å². The minimum absolute atomic E-state index is 0.0747. The highest BCUT2D eigenvalue weighted by Gasteiger charge is 2.18. The fourth-order valence-electron chi connectivity index (χ4n) is 2.65. The van der Waals surface area contributed by atoms with Crippen LogP contribution in [-0.2, 0) is 16.1 Å². The van der Waals surface area contributed by atoms with Gasteiger partial charge in [0.1, 0.15) is 5.75 Å². The van der Waals surface area contributed by atoms with E-state index in [9.17, 15) is 9.59 Å². The maximum atomic E-state index is 13.0. The summed E-state index contributed by atoms with van der Waals surface area (Å²) in [6.07, 6.45) is 0.242. The molecule has 0 aromatic heterocycles. The molecule has 0 radical (unpaired) electrons. The normalized spacial score (nSPS) is 10.5. The summed E-state index contributed by atoms with van der Waals surface area (Å²) in [6, 6.07) is 16.8. The zero-order chi connectivity index (χ0) is 19.6. The average molecular weight is 369 g/mol. The van der Waals surface area contributed by atoms with Crippen molar-refractivity contribution in [2.75, 3.05) is 13.2 Å². The Morgan fingerprint density at radius 3 is 2.26 bits per heavy atom. The van der Waals surface area contributed by atoms with Crippen LogP contribution >= 0.6 is 0 Å². The molecule has 2 rings (SSSR count). The van der Waals surface area contributed by atoms with Gasteiger partial charge < -0.3 is 14.4 Å². The number of nitrogens with zero attached hydrogens (tertiary/aromatic N) is 1. The maximum Gasteiger partial charge on any atom is 0.307 e. The lowest BCUT2D eigenvalue weighted by Gasteiger charge is -2.23. The molecule has 0 spiro atoms. The second kappa shape index (κ2) is 10.4. The van der Waals surface area contributed by atoms with Crippen molar-refractivity contribution in [1.82, 2.24) is 4.90 Å². The van der Waals surface area contributed by atoms with Gasteiger partial charge in [-0.15, -0.1) is 0 Å². The summed E-state index contributed by atoms with van der Waals surface area (Å²) in [5.74, 6) is 0.297. The molecule has 0 bridgehead atoms. The first-order valence-corrected chi connectivity index (χ1v) is 9.25. The molecule has 1 amide bonds. The summed E-state index contributed by atoms with van der Waals surface area (Å²) in [5.41, 5.74) is 1.57. The van der Waals surface area contributed by atoms with Crippen LogP contribution in [0.3, 0.4) is 0 Å². The Labute approximate surface area is 160 Å². The van der Waals surface area contributed by atoms with E-state index in [1.807, 2.05) is 44.2 Å². The lowest BCUT2D eigenvalue weighted by molar-refractivity contribution is -0.143. The van der Waals surface area contributed by atoms with Crippen LogP contribution in [0.25, 0.3) is 0 Å². The van der Waals surface area contributed by atoms with Gasteiger partial charge in [-0.25, -0.2) is 0 Å². The molecule has 0 aliphatic carbocycles.